The van der Waals surface area contributed by atoms with Crippen LogP contribution in [0.15, 0.2) is 38.6 Å². The third kappa shape index (κ3) is 3.44. The molecule has 0 saturated carbocycles. The minimum Gasteiger partial charge on any atom is -0.357 e. The van der Waals surface area contributed by atoms with Gasteiger partial charge in [-0.15, -0.1) is 11.3 Å². The third-order valence-corrected chi connectivity index (χ3v) is 5.99. The molecule has 0 fully saturated rings. The van der Waals surface area contributed by atoms with Gasteiger partial charge in [0.05, 0.1) is 3.79 Å². The molecule has 0 aliphatic rings. The number of nitrogens with one attached hydrogen (secondary N) is 1. The standard InChI is InChI=1S/C11H13BrN2O2S2/c1-14-7-5-9(8-14)4-6-13-18(15,16)11-3-2-10(12)17-11/h2-3,5,7-8,13H,4,6H2,1H3. The predicted octanol–water partition coefficient (Wildman–Crippen LogP) is 2.37. The van der Waals surface area contributed by atoms with E-state index in [9.17, 15) is 8.42 Å². The number of rotatable bonds is 5. The van der Waals surface area contributed by atoms with Gasteiger partial charge in [-0.2, -0.15) is 0 Å². The minimum absolute atomic E-state index is 0.336. The number of hydrogen-bond donors (Lipinski definition) is 1. The summed E-state index contributed by atoms with van der Waals surface area (Å²) in [6.07, 6.45) is 4.61. The summed E-state index contributed by atoms with van der Waals surface area (Å²) in [5.74, 6) is 0. The molecule has 98 valence electrons. The van der Waals surface area contributed by atoms with Crippen LogP contribution in [0.3, 0.4) is 0 Å². The van der Waals surface area contributed by atoms with Crippen molar-refractivity contribution in [2.24, 2.45) is 7.05 Å². The van der Waals surface area contributed by atoms with Crippen molar-refractivity contribution in [3.05, 3.63) is 39.9 Å². The van der Waals surface area contributed by atoms with Crippen LogP contribution in [0.5, 0.6) is 0 Å². The first-order valence-corrected chi connectivity index (χ1v) is 8.42. The Morgan fingerprint density at radius 1 is 1.39 bits per heavy atom. The van der Waals surface area contributed by atoms with Gasteiger partial charge < -0.3 is 4.57 Å². The first-order chi connectivity index (χ1) is 8.47. The Labute approximate surface area is 119 Å². The third-order valence-electron chi connectivity index (χ3n) is 2.41. The molecule has 7 heteroatoms. The number of halogens is 1. The van der Waals surface area contributed by atoms with Gasteiger partial charge in [0.2, 0.25) is 10.0 Å². The molecule has 0 spiro atoms. The molecule has 2 heterocycles. The van der Waals surface area contributed by atoms with E-state index >= 15 is 0 Å². The van der Waals surface area contributed by atoms with Crippen molar-refractivity contribution in [1.29, 1.82) is 0 Å². The molecule has 2 rings (SSSR count). The summed E-state index contributed by atoms with van der Waals surface area (Å²) in [5, 5.41) is 0. The van der Waals surface area contributed by atoms with Crippen LogP contribution in [0.2, 0.25) is 0 Å². The second-order valence-corrected chi connectivity index (χ2v) is 8.35. The SMILES string of the molecule is Cn1ccc(CCNS(=O)(=O)c2ccc(Br)s2)c1. The van der Waals surface area contributed by atoms with Gasteiger partial charge in [-0.05, 0) is 46.1 Å². The van der Waals surface area contributed by atoms with Crippen molar-refractivity contribution in [3.8, 4) is 0 Å². The van der Waals surface area contributed by atoms with Crippen molar-refractivity contribution < 1.29 is 8.42 Å². The highest BCUT2D eigenvalue weighted by Crippen LogP contribution is 2.25. The van der Waals surface area contributed by atoms with Crippen LogP contribution < -0.4 is 4.72 Å². The lowest BCUT2D eigenvalue weighted by atomic mass is 10.2. The van der Waals surface area contributed by atoms with E-state index in [1.54, 1.807) is 12.1 Å². The summed E-state index contributed by atoms with van der Waals surface area (Å²) >= 11 is 4.46. The lowest BCUT2D eigenvalue weighted by Crippen LogP contribution is -2.25. The first kappa shape index (κ1) is 13.8. The van der Waals surface area contributed by atoms with E-state index in [4.69, 9.17) is 0 Å². The van der Waals surface area contributed by atoms with E-state index in [1.807, 2.05) is 30.1 Å². The number of aromatic nitrogens is 1. The molecule has 0 atom stereocenters. The fourth-order valence-electron chi connectivity index (χ4n) is 1.55. The predicted molar refractivity (Wildman–Crippen MR) is 76.3 cm³/mol. The van der Waals surface area contributed by atoms with Gasteiger partial charge in [-0.3, -0.25) is 0 Å². The van der Waals surface area contributed by atoms with Gasteiger partial charge in [0.15, 0.2) is 0 Å². The molecule has 0 aromatic carbocycles. The maximum absolute atomic E-state index is 11.9. The monoisotopic (exact) mass is 348 g/mol. The average molecular weight is 349 g/mol. The van der Waals surface area contributed by atoms with Crippen molar-refractivity contribution >= 4 is 37.3 Å². The topological polar surface area (TPSA) is 51.1 Å². The molecular weight excluding hydrogens is 336 g/mol. The van der Waals surface area contributed by atoms with Crippen molar-refractivity contribution in [2.75, 3.05) is 6.54 Å². The molecule has 0 unspecified atom stereocenters. The number of aryl methyl sites for hydroxylation is 1. The highest BCUT2D eigenvalue weighted by Gasteiger charge is 2.15. The summed E-state index contributed by atoms with van der Waals surface area (Å²) in [5.41, 5.74) is 1.12. The van der Waals surface area contributed by atoms with Crippen LogP contribution in [-0.4, -0.2) is 19.5 Å². The van der Waals surface area contributed by atoms with E-state index in [1.165, 1.54) is 11.3 Å². The highest BCUT2D eigenvalue weighted by atomic mass is 79.9. The Bertz CT molecular complexity index is 631. The van der Waals surface area contributed by atoms with Gasteiger partial charge in [0.25, 0.3) is 0 Å². The van der Waals surface area contributed by atoms with Crippen LogP contribution in [0, 0.1) is 0 Å². The molecule has 0 bridgehead atoms. The van der Waals surface area contributed by atoms with Crippen molar-refractivity contribution in [2.45, 2.75) is 10.6 Å². The summed E-state index contributed by atoms with van der Waals surface area (Å²) in [6, 6.07) is 5.31. The summed E-state index contributed by atoms with van der Waals surface area (Å²) in [7, 11) is -1.43. The van der Waals surface area contributed by atoms with Crippen LogP contribution in [-0.2, 0) is 23.5 Å². The molecule has 4 nitrogen and oxygen atoms in total. The molecule has 0 saturated heterocycles. The Hall–Kier alpha value is -0.630. The van der Waals surface area contributed by atoms with E-state index in [2.05, 4.69) is 20.7 Å². The zero-order chi connectivity index (χ0) is 13.2. The van der Waals surface area contributed by atoms with Gasteiger partial charge in [0, 0.05) is 26.0 Å². The number of thiophene rings is 1. The fourth-order valence-corrected chi connectivity index (χ4v) is 4.64. The van der Waals surface area contributed by atoms with E-state index in [0.717, 1.165) is 9.35 Å². The van der Waals surface area contributed by atoms with Crippen molar-refractivity contribution in [3.63, 3.8) is 0 Å². The van der Waals surface area contributed by atoms with Crippen LogP contribution >= 0.6 is 27.3 Å². The second kappa shape index (κ2) is 5.56. The largest absolute Gasteiger partial charge is 0.357 e. The summed E-state index contributed by atoms with van der Waals surface area (Å²) in [4.78, 5) is 0. The summed E-state index contributed by atoms with van der Waals surface area (Å²) < 4.78 is 29.5. The fraction of sp³-hybridized carbons (Fsp3) is 0.273. The molecule has 2 aromatic rings. The lowest BCUT2D eigenvalue weighted by Gasteiger charge is -2.03. The van der Waals surface area contributed by atoms with Crippen molar-refractivity contribution in [1.82, 2.24) is 9.29 Å². The van der Waals surface area contributed by atoms with Gasteiger partial charge >= 0.3 is 0 Å². The molecular formula is C11H13BrN2O2S2. The zero-order valence-electron chi connectivity index (χ0n) is 9.76. The Morgan fingerprint density at radius 2 is 2.17 bits per heavy atom. The highest BCUT2D eigenvalue weighted by molar-refractivity contribution is 9.11. The maximum Gasteiger partial charge on any atom is 0.250 e. The molecule has 0 aliphatic carbocycles. The zero-order valence-corrected chi connectivity index (χ0v) is 13.0. The molecule has 18 heavy (non-hydrogen) atoms. The van der Waals surface area contributed by atoms with Crippen LogP contribution in [0.4, 0.5) is 0 Å². The first-order valence-electron chi connectivity index (χ1n) is 5.33. The smallest absolute Gasteiger partial charge is 0.250 e. The van der Waals surface area contributed by atoms with Gasteiger partial charge in [-0.25, -0.2) is 13.1 Å². The molecule has 0 radical (unpaired) electrons. The number of sulfonamides is 1. The quantitative estimate of drug-likeness (QED) is 0.901. The number of hydrogen-bond acceptors (Lipinski definition) is 3. The molecule has 1 N–H and O–H groups in total. The van der Waals surface area contributed by atoms with E-state index in [0.29, 0.717) is 17.2 Å². The van der Waals surface area contributed by atoms with E-state index in [-0.39, 0.29) is 0 Å². The van der Waals surface area contributed by atoms with Crippen LogP contribution in [0.1, 0.15) is 5.56 Å². The second-order valence-electron chi connectivity index (χ2n) is 3.89. The maximum atomic E-state index is 11.9. The van der Waals surface area contributed by atoms with E-state index < -0.39 is 10.0 Å². The summed E-state index contributed by atoms with van der Waals surface area (Å²) in [6.45, 7) is 0.405. The minimum atomic E-state index is -3.37. The number of nitrogens with zero attached hydrogens (tertiary/aromatic N) is 1. The molecule has 0 aliphatic heterocycles. The normalized spacial score (nSPS) is 11.9. The molecule has 2 aromatic heterocycles. The Morgan fingerprint density at radius 3 is 2.72 bits per heavy atom. The lowest BCUT2D eigenvalue weighted by molar-refractivity contribution is 0.584. The molecule has 0 amide bonds. The van der Waals surface area contributed by atoms with Crippen LogP contribution in [0.25, 0.3) is 0 Å². The Balaban J connectivity index is 1.93. The van der Waals surface area contributed by atoms with Gasteiger partial charge in [0.1, 0.15) is 4.21 Å². The van der Waals surface area contributed by atoms with Gasteiger partial charge in [-0.1, -0.05) is 0 Å². The Kier molecular flexibility index (Phi) is 4.26. The average Bonchev–Trinajstić information content (AvgIpc) is 2.88.